The molecule has 4 aromatic rings. The van der Waals surface area contributed by atoms with Crippen LogP contribution in [-0.2, 0) is 22.6 Å². The smallest absolute Gasteiger partial charge is 0.255 e. The second kappa shape index (κ2) is 17.6. The van der Waals surface area contributed by atoms with Crippen LogP contribution in [0.1, 0.15) is 51.4 Å². The Bertz CT molecular complexity index is 1820. The number of carbonyl (C=O) groups excluding carboxylic acids is 2. The molecule has 0 unspecified atom stereocenters. The number of hydrogen-bond acceptors (Lipinski definition) is 9. The summed E-state index contributed by atoms with van der Waals surface area (Å²) in [5, 5.41) is 7.98. The van der Waals surface area contributed by atoms with Crippen molar-refractivity contribution >= 4 is 40.9 Å². The number of benzene rings is 2. The lowest BCUT2D eigenvalue weighted by atomic mass is 10.1. The third-order valence-electron chi connectivity index (χ3n) is 7.28. The second-order valence-corrected chi connectivity index (χ2v) is 11.1. The molecule has 11 nitrogen and oxygen atoms in total. The number of anilines is 1. The molecule has 4 rings (SSSR count). The molecule has 2 heterocycles. The highest BCUT2D eigenvalue weighted by molar-refractivity contribution is 6.13. The Morgan fingerprint density at radius 3 is 2.54 bits per heavy atom. The zero-order chi connectivity index (χ0) is 35.4. The van der Waals surface area contributed by atoms with Gasteiger partial charge < -0.3 is 19.7 Å². The van der Waals surface area contributed by atoms with Crippen molar-refractivity contribution in [1.29, 1.82) is 0 Å². The fourth-order valence-corrected chi connectivity index (χ4v) is 4.75. The van der Waals surface area contributed by atoms with Crippen molar-refractivity contribution in [3.05, 3.63) is 77.2 Å². The van der Waals surface area contributed by atoms with Crippen molar-refractivity contribution in [2.75, 3.05) is 33.6 Å². The van der Waals surface area contributed by atoms with Crippen LogP contribution in [0.3, 0.4) is 0 Å². The van der Waals surface area contributed by atoms with Crippen LogP contribution >= 0.6 is 0 Å². The highest BCUT2D eigenvalue weighted by Gasteiger charge is 2.21. The van der Waals surface area contributed by atoms with Crippen LogP contribution in [0.4, 0.5) is 14.7 Å². The summed E-state index contributed by atoms with van der Waals surface area (Å²) < 4.78 is 41.3. The number of carbonyl (C=O) groups is 2. The molecule has 0 aliphatic heterocycles. The minimum atomic E-state index is -0.818. The summed E-state index contributed by atoms with van der Waals surface area (Å²) in [5.41, 5.74) is 1.41. The number of aromatic nitrogens is 4. The first kappa shape index (κ1) is 37.3. The van der Waals surface area contributed by atoms with Crippen molar-refractivity contribution in [2.24, 2.45) is 4.99 Å². The number of hydrogen-bond donors (Lipinski definition) is 1. The maximum absolute atomic E-state index is 14.9. The van der Waals surface area contributed by atoms with E-state index in [0.29, 0.717) is 42.9 Å². The molecule has 1 N–H and O–H groups in total. The molecule has 0 saturated heterocycles. The van der Waals surface area contributed by atoms with Gasteiger partial charge in [0.05, 0.1) is 25.2 Å². The van der Waals surface area contributed by atoms with Crippen molar-refractivity contribution in [3.8, 4) is 11.5 Å². The molecule has 0 aliphatic rings. The molecule has 0 spiro atoms. The number of amides is 1. The van der Waals surface area contributed by atoms with Crippen molar-refractivity contribution in [2.45, 2.75) is 59.0 Å². The topological polar surface area (TPSA) is 123 Å². The summed E-state index contributed by atoms with van der Waals surface area (Å²) in [4.78, 5) is 38.5. The average Bonchev–Trinajstić information content (AvgIpc) is 3.51. The third kappa shape index (κ3) is 9.20. The third-order valence-corrected chi connectivity index (χ3v) is 7.28. The van der Waals surface area contributed by atoms with Gasteiger partial charge in [0.1, 0.15) is 29.1 Å². The lowest BCUT2D eigenvalue weighted by Gasteiger charge is -2.25. The van der Waals surface area contributed by atoms with Gasteiger partial charge in [0.2, 0.25) is 5.95 Å². The Labute approximate surface area is 279 Å². The van der Waals surface area contributed by atoms with Gasteiger partial charge in [-0.1, -0.05) is 26.8 Å². The lowest BCUT2D eigenvalue weighted by Crippen LogP contribution is -2.36. The van der Waals surface area contributed by atoms with Gasteiger partial charge in [0, 0.05) is 62.6 Å². The van der Waals surface area contributed by atoms with Gasteiger partial charge in [0.15, 0.2) is 17.3 Å². The van der Waals surface area contributed by atoms with Crippen LogP contribution in [0.5, 0.6) is 11.5 Å². The van der Waals surface area contributed by atoms with Crippen LogP contribution in [0.15, 0.2) is 59.1 Å². The van der Waals surface area contributed by atoms with E-state index < -0.39 is 11.6 Å². The number of methoxy groups -OCH3 is 2. The monoisotopic (exact) mass is 663 g/mol. The average molecular weight is 664 g/mol. The molecule has 0 radical (unpaired) electrons. The molecular formula is C35H43F2N7O4. The van der Waals surface area contributed by atoms with E-state index >= 15 is 0 Å². The Balaban J connectivity index is 0.00000201. The van der Waals surface area contributed by atoms with E-state index in [2.05, 4.69) is 45.8 Å². The minimum absolute atomic E-state index is 0.0439. The predicted molar refractivity (Wildman–Crippen MR) is 184 cm³/mol. The van der Waals surface area contributed by atoms with Crippen molar-refractivity contribution < 1.29 is 27.8 Å². The van der Waals surface area contributed by atoms with Crippen LogP contribution < -0.4 is 14.8 Å². The lowest BCUT2D eigenvalue weighted by molar-refractivity contribution is -0.127. The van der Waals surface area contributed by atoms with Crippen LogP contribution in [0.25, 0.3) is 16.6 Å². The maximum atomic E-state index is 14.9. The van der Waals surface area contributed by atoms with Gasteiger partial charge in [-0.05, 0) is 44.0 Å². The Morgan fingerprint density at radius 2 is 1.90 bits per heavy atom. The summed E-state index contributed by atoms with van der Waals surface area (Å²) in [6.07, 6.45) is 6.25. The van der Waals surface area contributed by atoms with E-state index in [1.807, 2.05) is 13.0 Å². The van der Waals surface area contributed by atoms with Gasteiger partial charge in [-0.2, -0.15) is 4.52 Å². The molecule has 0 aliphatic carbocycles. The molecule has 13 heteroatoms. The van der Waals surface area contributed by atoms with E-state index in [4.69, 9.17) is 9.47 Å². The molecule has 256 valence electrons. The number of rotatable bonds is 14. The Morgan fingerprint density at radius 1 is 1.17 bits per heavy atom. The largest absolute Gasteiger partial charge is 0.497 e. The quantitative estimate of drug-likeness (QED) is 0.0738. The van der Waals surface area contributed by atoms with Crippen LogP contribution in [-0.4, -0.2) is 77.2 Å². The molecule has 2 aromatic carbocycles. The fraction of sp³-hybridized carbons (Fsp3) is 0.371. The number of aliphatic imine (C=N–C) groups is 1. The first-order valence-electron chi connectivity index (χ1n) is 15.6. The molecular weight excluding hydrogens is 620 g/mol. The predicted octanol–water partition coefficient (Wildman–Crippen LogP) is 6.15. The summed E-state index contributed by atoms with van der Waals surface area (Å²) in [7, 11) is 6.32. The maximum Gasteiger partial charge on any atom is 0.255 e. The van der Waals surface area contributed by atoms with E-state index in [1.165, 1.54) is 36.3 Å². The summed E-state index contributed by atoms with van der Waals surface area (Å²) >= 11 is 0. The highest BCUT2D eigenvalue weighted by atomic mass is 19.1. The Hall–Kier alpha value is -5.20. The molecule has 2 aromatic heterocycles. The number of nitrogens with one attached hydrogen (secondary N) is 1. The first-order chi connectivity index (χ1) is 23.0. The van der Waals surface area contributed by atoms with Crippen LogP contribution in [0.2, 0.25) is 0 Å². The summed E-state index contributed by atoms with van der Waals surface area (Å²) in [5.74, 6) is 0.00852. The summed E-state index contributed by atoms with van der Waals surface area (Å²) in [6, 6.07) is 7.17. The normalized spacial score (nSPS) is 12.1. The fourth-order valence-electron chi connectivity index (χ4n) is 4.75. The van der Waals surface area contributed by atoms with E-state index in [0.717, 1.165) is 11.6 Å². The SMILES string of the molecule is C=C(C=O)/C=C(\C=NC)C(=O)N(C)[C@@H](C)CCCc1nc2c3cc(F)cc(F)c3nc(NCc3ccc(OC)cc3OC)n2n1.CCC. The molecule has 0 bridgehead atoms. The molecule has 0 saturated carbocycles. The second-order valence-electron chi connectivity index (χ2n) is 11.1. The highest BCUT2D eigenvalue weighted by Crippen LogP contribution is 2.28. The summed E-state index contributed by atoms with van der Waals surface area (Å²) in [6.45, 7) is 10.0. The van der Waals surface area contributed by atoms with Crippen molar-refractivity contribution in [1.82, 2.24) is 24.5 Å². The molecule has 0 fully saturated rings. The van der Waals surface area contributed by atoms with Gasteiger partial charge in [-0.15, -0.1) is 5.10 Å². The molecule has 48 heavy (non-hydrogen) atoms. The van der Waals surface area contributed by atoms with E-state index in [1.54, 1.807) is 38.3 Å². The van der Waals surface area contributed by atoms with E-state index in [9.17, 15) is 18.4 Å². The van der Waals surface area contributed by atoms with Gasteiger partial charge >= 0.3 is 0 Å². The number of ether oxygens (including phenoxy) is 2. The number of nitrogens with zero attached hydrogens (tertiary/aromatic N) is 6. The molecule has 1 atom stereocenters. The molecule has 1 amide bonds. The standard InChI is InChI=1S/C32H35F2N7O4.C3H8/c1-19(18-42)12-22(16-35-3)31(43)40(4)20(2)8-7-9-28-37-30-25-13-23(33)14-26(34)29(25)38-32(41(30)39-28)36-17-21-10-11-24(44-5)15-27(21)45-6;1-3-2/h10-16,18,20H,1,7-9,17H2,2-6H3,(H,36,38);3H2,1-2H3/b22-12+,35-16?;/t20-;/m0./s1. The number of fused-ring (bicyclic) bond motifs is 3. The zero-order valence-electron chi connectivity index (χ0n) is 28.5. The number of halogens is 2. The van der Waals surface area contributed by atoms with Gasteiger partial charge in [0.25, 0.3) is 5.91 Å². The number of likely N-dealkylation sites (N-methyl/N-ethyl adjacent to an activating group) is 1. The van der Waals surface area contributed by atoms with Crippen LogP contribution in [0, 0.1) is 11.6 Å². The zero-order valence-corrected chi connectivity index (χ0v) is 28.5. The number of aldehydes is 1. The minimum Gasteiger partial charge on any atom is -0.497 e. The van der Waals surface area contributed by atoms with Gasteiger partial charge in [-0.25, -0.2) is 18.7 Å². The number of aryl methyl sites for hydroxylation is 1. The first-order valence-corrected chi connectivity index (χ1v) is 15.6. The van der Waals surface area contributed by atoms with Gasteiger partial charge in [-0.3, -0.25) is 14.6 Å². The number of allylic oxidation sites excluding steroid dienone is 2. The Kier molecular flexibility index (Phi) is 13.7. The van der Waals surface area contributed by atoms with Crippen molar-refractivity contribution in [3.63, 3.8) is 0 Å². The van der Waals surface area contributed by atoms with E-state index in [-0.39, 0.29) is 52.1 Å².